The molecule has 25 heavy (non-hydrogen) atoms. The van der Waals surface area contributed by atoms with E-state index in [0.717, 1.165) is 15.8 Å². The van der Waals surface area contributed by atoms with E-state index in [2.05, 4.69) is 21.0 Å². The van der Waals surface area contributed by atoms with Crippen LogP contribution in [-0.2, 0) is 11.3 Å². The molecule has 0 bridgehead atoms. The van der Waals surface area contributed by atoms with Gasteiger partial charge in [-0.1, -0.05) is 12.1 Å². The molecule has 3 rings (SSSR count). The lowest BCUT2D eigenvalue weighted by Gasteiger charge is -2.08. The highest BCUT2D eigenvalue weighted by Crippen LogP contribution is 2.30. The first-order valence-electron chi connectivity index (χ1n) is 7.44. The standard InChI is InChI=1S/C18H15BrN2O4/c1-24-12-5-3-11(4-6-12)9-21-17-14(19)8-7-13(18(23)25-2)16(17)15(10-22)20-21/h3-8,10H,9H2,1-2H3. The Morgan fingerprint density at radius 1 is 1.20 bits per heavy atom. The first-order valence-corrected chi connectivity index (χ1v) is 8.23. The number of aldehydes is 1. The molecule has 1 heterocycles. The van der Waals surface area contributed by atoms with Crippen molar-refractivity contribution in [2.24, 2.45) is 0 Å². The fraction of sp³-hybridized carbons (Fsp3) is 0.167. The number of methoxy groups -OCH3 is 2. The molecule has 0 N–H and O–H groups in total. The molecular weight excluding hydrogens is 388 g/mol. The minimum Gasteiger partial charge on any atom is -0.497 e. The van der Waals surface area contributed by atoms with Gasteiger partial charge in [0.15, 0.2) is 6.29 Å². The SMILES string of the molecule is COC(=O)c1ccc(Br)c2c1c(C=O)nn2Cc1ccc(OC)cc1. The Labute approximate surface area is 152 Å². The molecule has 0 amide bonds. The topological polar surface area (TPSA) is 70.4 Å². The Kier molecular flexibility index (Phi) is 4.85. The van der Waals surface area contributed by atoms with E-state index < -0.39 is 5.97 Å². The lowest BCUT2D eigenvalue weighted by molar-refractivity contribution is 0.0603. The quantitative estimate of drug-likeness (QED) is 0.482. The number of ether oxygens (including phenoxy) is 2. The molecular formula is C18H15BrN2O4. The number of aromatic nitrogens is 2. The summed E-state index contributed by atoms with van der Waals surface area (Å²) in [5, 5.41) is 4.84. The van der Waals surface area contributed by atoms with E-state index in [1.54, 1.807) is 23.9 Å². The van der Waals surface area contributed by atoms with Gasteiger partial charge in [0.05, 0.1) is 31.8 Å². The number of hydrogen-bond donors (Lipinski definition) is 0. The molecule has 0 fully saturated rings. The Balaban J connectivity index is 2.15. The van der Waals surface area contributed by atoms with Crippen LogP contribution in [0, 0.1) is 0 Å². The number of benzene rings is 2. The van der Waals surface area contributed by atoms with E-state index in [9.17, 15) is 9.59 Å². The number of rotatable bonds is 5. The predicted molar refractivity (Wildman–Crippen MR) is 96.3 cm³/mol. The van der Waals surface area contributed by atoms with Crippen molar-refractivity contribution in [3.05, 3.63) is 57.7 Å². The summed E-state index contributed by atoms with van der Waals surface area (Å²) in [6.45, 7) is 0.442. The lowest BCUT2D eigenvalue weighted by atomic mass is 10.1. The third kappa shape index (κ3) is 3.15. The van der Waals surface area contributed by atoms with Crippen LogP contribution in [-0.4, -0.2) is 36.3 Å². The molecule has 0 aliphatic heterocycles. The van der Waals surface area contributed by atoms with Gasteiger partial charge in [0.1, 0.15) is 11.4 Å². The zero-order valence-electron chi connectivity index (χ0n) is 13.7. The van der Waals surface area contributed by atoms with Gasteiger partial charge in [-0.05, 0) is 45.8 Å². The fourth-order valence-electron chi connectivity index (χ4n) is 2.69. The van der Waals surface area contributed by atoms with Crippen molar-refractivity contribution in [1.82, 2.24) is 9.78 Å². The molecule has 2 aromatic carbocycles. The van der Waals surface area contributed by atoms with E-state index in [4.69, 9.17) is 9.47 Å². The minimum absolute atomic E-state index is 0.199. The molecule has 0 aliphatic carbocycles. The van der Waals surface area contributed by atoms with Gasteiger partial charge in [0, 0.05) is 9.86 Å². The van der Waals surface area contributed by atoms with Crippen molar-refractivity contribution in [3.8, 4) is 5.75 Å². The average molecular weight is 403 g/mol. The average Bonchev–Trinajstić information content (AvgIpc) is 3.01. The molecule has 6 nitrogen and oxygen atoms in total. The van der Waals surface area contributed by atoms with Crippen molar-refractivity contribution in [2.75, 3.05) is 14.2 Å². The zero-order valence-corrected chi connectivity index (χ0v) is 15.2. The first-order chi connectivity index (χ1) is 12.1. The summed E-state index contributed by atoms with van der Waals surface area (Å²) < 4.78 is 12.4. The van der Waals surface area contributed by atoms with E-state index in [1.807, 2.05) is 24.3 Å². The van der Waals surface area contributed by atoms with Crippen molar-refractivity contribution in [1.29, 1.82) is 0 Å². The number of halogens is 1. The molecule has 7 heteroatoms. The second-order valence-electron chi connectivity index (χ2n) is 5.32. The van der Waals surface area contributed by atoms with Gasteiger partial charge in [-0.3, -0.25) is 9.48 Å². The molecule has 0 aliphatic rings. The lowest BCUT2D eigenvalue weighted by Crippen LogP contribution is -2.04. The molecule has 0 unspecified atom stereocenters. The van der Waals surface area contributed by atoms with Crippen LogP contribution >= 0.6 is 15.9 Å². The van der Waals surface area contributed by atoms with Crippen LogP contribution in [0.5, 0.6) is 5.75 Å². The van der Waals surface area contributed by atoms with Crippen LogP contribution in [0.15, 0.2) is 40.9 Å². The Bertz CT molecular complexity index is 948. The summed E-state index contributed by atoms with van der Waals surface area (Å²) in [7, 11) is 2.91. The van der Waals surface area contributed by atoms with Crippen LogP contribution < -0.4 is 4.74 Å². The van der Waals surface area contributed by atoms with Gasteiger partial charge >= 0.3 is 5.97 Å². The summed E-state index contributed by atoms with van der Waals surface area (Å²) in [6.07, 6.45) is 0.645. The Morgan fingerprint density at radius 2 is 1.92 bits per heavy atom. The molecule has 0 saturated heterocycles. The molecule has 0 spiro atoms. The van der Waals surface area contributed by atoms with Gasteiger partial charge in [0.2, 0.25) is 0 Å². The van der Waals surface area contributed by atoms with Crippen LogP contribution in [0.3, 0.4) is 0 Å². The number of esters is 1. The van der Waals surface area contributed by atoms with Crippen LogP contribution in [0.1, 0.15) is 26.4 Å². The van der Waals surface area contributed by atoms with Crippen molar-refractivity contribution in [3.63, 3.8) is 0 Å². The van der Waals surface area contributed by atoms with Gasteiger partial charge < -0.3 is 9.47 Å². The maximum absolute atomic E-state index is 12.0. The molecule has 1 aromatic heterocycles. The highest BCUT2D eigenvalue weighted by Gasteiger charge is 2.21. The van der Waals surface area contributed by atoms with Crippen molar-refractivity contribution in [2.45, 2.75) is 6.54 Å². The molecule has 0 radical (unpaired) electrons. The predicted octanol–water partition coefficient (Wildman–Crippen LogP) is 3.45. The second-order valence-corrected chi connectivity index (χ2v) is 6.17. The minimum atomic E-state index is -0.510. The largest absolute Gasteiger partial charge is 0.497 e. The highest BCUT2D eigenvalue weighted by atomic mass is 79.9. The number of carbonyl (C=O) groups excluding carboxylic acids is 2. The monoisotopic (exact) mass is 402 g/mol. The van der Waals surface area contributed by atoms with Crippen molar-refractivity contribution >= 4 is 39.1 Å². The summed E-state index contributed by atoms with van der Waals surface area (Å²) in [5.74, 6) is 0.251. The van der Waals surface area contributed by atoms with E-state index in [1.165, 1.54) is 7.11 Å². The molecule has 0 saturated carbocycles. The van der Waals surface area contributed by atoms with Gasteiger partial charge in [-0.15, -0.1) is 0 Å². The van der Waals surface area contributed by atoms with E-state index in [0.29, 0.717) is 29.3 Å². The van der Waals surface area contributed by atoms with Gasteiger partial charge in [-0.2, -0.15) is 5.10 Å². The fourth-order valence-corrected chi connectivity index (χ4v) is 3.22. The normalized spacial score (nSPS) is 10.7. The van der Waals surface area contributed by atoms with Gasteiger partial charge in [0.25, 0.3) is 0 Å². The summed E-state index contributed by atoms with van der Waals surface area (Å²) in [5.41, 5.74) is 2.16. The number of fused-ring (bicyclic) bond motifs is 1. The highest BCUT2D eigenvalue weighted by molar-refractivity contribution is 9.10. The first kappa shape index (κ1) is 17.2. The maximum atomic E-state index is 12.0. The summed E-state index contributed by atoms with van der Waals surface area (Å²) in [6, 6.07) is 10.9. The third-order valence-corrected chi connectivity index (χ3v) is 4.52. The van der Waals surface area contributed by atoms with E-state index in [-0.39, 0.29) is 5.69 Å². The maximum Gasteiger partial charge on any atom is 0.338 e. The third-order valence-electron chi connectivity index (χ3n) is 3.88. The smallest absolute Gasteiger partial charge is 0.338 e. The number of nitrogens with zero attached hydrogens (tertiary/aromatic N) is 2. The number of hydrogen-bond acceptors (Lipinski definition) is 5. The summed E-state index contributed by atoms with van der Waals surface area (Å²) in [4.78, 5) is 23.5. The second kappa shape index (κ2) is 7.06. The van der Waals surface area contributed by atoms with E-state index >= 15 is 0 Å². The zero-order chi connectivity index (χ0) is 18.0. The van der Waals surface area contributed by atoms with Gasteiger partial charge in [-0.25, -0.2) is 4.79 Å². The van der Waals surface area contributed by atoms with Crippen LogP contribution in [0.4, 0.5) is 0 Å². The summed E-state index contributed by atoms with van der Waals surface area (Å²) >= 11 is 3.48. The Morgan fingerprint density at radius 3 is 2.52 bits per heavy atom. The van der Waals surface area contributed by atoms with Crippen molar-refractivity contribution < 1.29 is 19.1 Å². The van der Waals surface area contributed by atoms with Crippen LogP contribution in [0.2, 0.25) is 0 Å². The molecule has 3 aromatic rings. The molecule has 128 valence electrons. The van der Waals surface area contributed by atoms with Crippen LogP contribution in [0.25, 0.3) is 10.9 Å². The number of carbonyl (C=O) groups is 2. The molecule has 0 atom stereocenters. The Hall–Kier alpha value is -2.67.